The van der Waals surface area contributed by atoms with Crippen molar-refractivity contribution in [2.24, 2.45) is 0 Å². The molecule has 2 N–H and O–H groups in total. The molecule has 6 heteroatoms. The molecule has 0 saturated carbocycles. The zero-order valence-electron chi connectivity index (χ0n) is 14.5. The molecule has 1 amide bonds. The Morgan fingerprint density at radius 1 is 1.19 bits per heavy atom. The summed E-state index contributed by atoms with van der Waals surface area (Å²) in [4.78, 5) is 17.0. The van der Waals surface area contributed by atoms with Gasteiger partial charge in [-0.1, -0.05) is 30.3 Å². The van der Waals surface area contributed by atoms with Crippen LogP contribution in [0.2, 0.25) is 0 Å². The van der Waals surface area contributed by atoms with Crippen molar-refractivity contribution >= 4 is 5.91 Å². The van der Waals surface area contributed by atoms with E-state index in [1.54, 1.807) is 12.1 Å². The molecule has 0 unspecified atom stereocenters. The molecule has 1 aliphatic heterocycles. The molecule has 1 aliphatic rings. The summed E-state index contributed by atoms with van der Waals surface area (Å²) in [5, 5.41) is 10.1. The molecule has 2 heterocycles. The normalized spacial score (nSPS) is 16.3. The van der Waals surface area contributed by atoms with E-state index in [1.807, 2.05) is 43.3 Å². The average Bonchev–Trinajstić information content (AvgIpc) is 3.00. The minimum Gasteiger partial charge on any atom is -0.493 e. The van der Waals surface area contributed by atoms with Gasteiger partial charge < -0.3 is 10.1 Å². The fourth-order valence-electron chi connectivity index (χ4n) is 3.16. The van der Waals surface area contributed by atoms with Crippen molar-refractivity contribution < 1.29 is 9.53 Å². The maximum Gasteiger partial charge on any atom is 0.251 e. The van der Waals surface area contributed by atoms with Crippen molar-refractivity contribution in [1.82, 2.24) is 20.5 Å². The Hall–Kier alpha value is -3.15. The van der Waals surface area contributed by atoms with Crippen LogP contribution in [0.15, 0.2) is 48.5 Å². The van der Waals surface area contributed by atoms with Crippen LogP contribution >= 0.6 is 0 Å². The van der Waals surface area contributed by atoms with Gasteiger partial charge >= 0.3 is 0 Å². The number of fused-ring (bicyclic) bond motifs is 1. The van der Waals surface area contributed by atoms with Crippen LogP contribution in [0.5, 0.6) is 5.75 Å². The third-order valence-corrected chi connectivity index (χ3v) is 4.50. The van der Waals surface area contributed by atoms with Crippen LogP contribution < -0.4 is 10.1 Å². The molecule has 2 aromatic carbocycles. The van der Waals surface area contributed by atoms with Gasteiger partial charge in [0.25, 0.3) is 5.91 Å². The van der Waals surface area contributed by atoms with Crippen LogP contribution in [-0.4, -0.2) is 27.7 Å². The molecule has 1 aromatic heterocycles. The predicted molar refractivity (Wildman–Crippen MR) is 97.9 cm³/mol. The molecular weight excluding hydrogens is 328 g/mol. The minimum absolute atomic E-state index is 0.0449. The van der Waals surface area contributed by atoms with E-state index in [0.717, 1.165) is 35.5 Å². The Balaban J connectivity index is 1.51. The Morgan fingerprint density at radius 3 is 2.77 bits per heavy atom. The lowest BCUT2D eigenvalue weighted by atomic mass is 10.0. The number of carbonyl (C=O) groups excluding carboxylic acids is 1. The SMILES string of the molecule is Cc1nc(-c2ccc(C(=O)N[C@H]3CCCOc4ccccc43)cc2)n[nH]1. The van der Waals surface area contributed by atoms with E-state index in [9.17, 15) is 4.79 Å². The first kappa shape index (κ1) is 16.3. The molecule has 3 aromatic rings. The lowest BCUT2D eigenvalue weighted by Crippen LogP contribution is -2.28. The number of nitrogens with one attached hydrogen (secondary N) is 2. The number of rotatable bonds is 3. The molecule has 0 radical (unpaired) electrons. The van der Waals surface area contributed by atoms with Crippen LogP contribution in [0.4, 0.5) is 0 Å². The van der Waals surface area contributed by atoms with Gasteiger partial charge in [-0.2, -0.15) is 5.10 Å². The largest absolute Gasteiger partial charge is 0.493 e. The molecule has 26 heavy (non-hydrogen) atoms. The summed E-state index contributed by atoms with van der Waals surface area (Å²) in [5.74, 6) is 2.15. The summed E-state index contributed by atoms with van der Waals surface area (Å²) in [7, 11) is 0. The number of carbonyl (C=O) groups is 1. The molecule has 0 bridgehead atoms. The van der Waals surface area contributed by atoms with Gasteiger partial charge in [-0.25, -0.2) is 4.98 Å². The maximum absolute atomic E-state index is 12.7. The molecule has 4 rings (SSSR count). The standard InChI is InChI=1S/C20H20N4O2/c1-13-21-19(24-23-13)14-8-10-15(11-9-14)20(25)22-17-6-4-12-26-18-7-3-2-5-16(17)18/h2-3,5,7-11,17H,4,6,12H2,1H3,(H,22,25)(H,21,23,24)/t17-/m0/s1. The molecular formula is C20H20N4O2. The van der Waals surface area contributed by atoms with Gasteiger partial charge in [0, 0.05) is 16.7 Å². The number of aromatic nitrogens is 3. The third kappa shape index (κ3) is 3.31. The van der Waals surface area contributed by atoms with Gasteiger partial charge in [0.05, 0.1) is 12.6 Å². The average molecular weight is 348 g/mol. The summed E-state index contributed by atoms with van der Waals surface area (Å²) in [5.41, 5.74) is 2.52. The van der Waals surface area contributed by atoms with Crippen LogP contribution in [-0.2, 0) is 0 Å². The lowest BCUT2D eigenvalue weighted by molar-refractivity contribution is 0.0934. The molecule has 1 atom stereocenters. The predicted octanol–water partition coefficient (Wildman–Crippen LogP) is 3.42. The highest BCUT2D eigenvalue weighted by Gasteiger charge is 2.21. The van der Waals surface area contributed by atoms with Crippen molar-refractivity contribution in [3.05, 3.63) is 65.5 Å². The van der Waals surface area contributed by atoms with Gasteiger partial charge in [-0.15, -0.1) is 0 Å². The van der Waals surface area contributed by atoms with Crippen molar-refractivity contribution in [1.29, 1.82) is 0 Å². The van der Waals surface area contributed by atoms with E-state index in [4.69, 9.17) is 4.74 Å². The second-order valence-electron chi connectivity index (χ2n) is 6.38. The van der Waals surface area contributed by atoms with Gasteiger partial charge in [0.2, 0.25) is 0 Å². The number of hydrogen-bond acceptors (Lipinski definition) is 4. The molecule has 0 aliphatic carbocycles. The van der Waals surface area contributed by atoms with Crippen LogP contribution in [0, 0.1) is 6.92 Å². The summed E-state index contributed by atoms with van der Waals surface area (Å²) in [6.45, 7) is 2.53. The van der Waals surface area contributed by atoms with E-state index in [1.165, 1.54) is 0 Å². The number of hydrogen-bond donors (Lipinski definition) is 2. The van der Waals surface area contributed by atoms with E-state index >= 15 is 0 Å². The van der Waals surface area contributed by atoms with Gasteiger partial charge in [0.1, 0.15) is 11.6 Å². The highest BCUT2D eigenvalue weighted by molar-refractivity contribution is 5.94. The zero-order chi connectivity index (χ0) is 17.9. The molecule has 0 spiro atoms. The smallest absolute Gasteiger partial charge is 0.251 e. The number of aryl methyl sites for hydroxylation is 1. The van der Waals surface area contributed by atoms with Crippen molar-refractivity contribution in [3.8, 4) is 17.1 Å². The highest BCUT2D eigenvalue weighted by Crippen LogP contribution is 2.31. The first-order valence-electron chi connectivity index (χ1n) is 8.73. The summed E-state index contributed by atoms with van der Waals surface area (Å²) in [6, 6.07) is 15.2. The second kappa shape index (κ2) is 7.00. The maximum atomic E-state index is 12.7. The van der Waals surface area contributed by atoms with Crippen molar-refractivity contribution in [2.75, 3.05) is 6.61 Å². The fraction of sp³-hybridized carbons (Fsp3) is 0.250. The topological polar surface area (TPSA) is 79.9 Å². The molecule has 132 valence electrons. The third-order valence-electron chi connectivity index (χ3n) is 4.50. The van der Waals surface area contributed by atoms with E-state index in [2.05, 4.69) is 20.5 Å². The van der Waals surface area contributed by atoms with Gasteiger partial charge in [0.15, 0.2) is 5.82 Å². The van der Waals surface area contributed by atoms with Crippen LogP contribution in [0.3, 0.4) is 0 Å². The number of ether oxygens (including phenoxy) is 1. The minimum atomic E-state index is -0.0931. The monoisotopic (exact) mass is 348 g/mol. The lowest BCUT2D eigenvalue weighted by Gasteiger charge is -2.18. The molecule has 0 saturated heterocycles. The molecule has 6 nitrogen and oxygen atoms in total. The van der Waals surface area contributed by atoms with E-state index in [-0.39, 0.29) is 11.9 Å². The Labute approximate surface area is 151 Å². The van der Waals surface area contributed by atoms with Gasteiger partial charge in [-0.05, 0) is 38.0 Å². The van der Waals surface area contributed by atoms with E-state index < -0.39 is 0 Å². The number of benzene rings is 2. The van der Waals surface area contributed by atoms with Crippen LogP contribution in [0.25, 0.3) is 11.4 Å². The number of H-pyrrole nitrogens is 1. The highest BCUT2D eigenvalue weighted by atomic mass is 16.5. The van der Waals surface area contributed by atoms with Crippen molar-refractivity contribution in [2.45, 2.75) is 25.8 Å². The van der Waals surface area contributed by atoms with Crippen LogP contribution in [0.1, 0.15) is 40.6 Å². The Morgan fingerprint density at radius 2 is 2.00 bits per heavy atom. The zero-order valence-corrected chi connectivity index (χ0v) is 14.5. The first-order chi connectivity index (χ1) is 12.7. The fourth-order valence-corrected chi connectivity index (χ4v) is 3.16. The number of nitrogens with zero attached hydrogens (tertiary/aromatic N) is 2. The summed E-state index contributed by atoms with van der Waals surface area (Å²) >= 11 is 0. The van der Waals surface area contributed by atoms with Gasteiger partial charge in [-0.3, -0.25) is 9.89 Å². The quantitative estimate of drug-likeness (QED) is 0.760. The van der Waals surface area contributed by atoms with Crippen molar-refractivity contribution in [3.63, 3.8) is 0 Å². The Bertz CT molecular complexity index is 918. The van der Waals surface area contributed by atoms with E-state index in [0.29, 0.717) is 18.0 Å². The first-order valence-corrected chi connectivity index (χ1v) is 8.73. The Kier molecular flexibility index (Phi) is 4.39. The number of amides is 1. The number of para-hydroxylation sites is 1. The molecule has 0 fully saturated rings. The second-order valence-corrected chi connectivity index (χ2v) is 6.38. The number of aromatic amines is 1. The summed E-state index contributed by atoms with van der Waals surface area (Å²) < 4.78 is 5.76. The summed E-state index contributed by atoms with van der Waals surface area (Å²) in [6.07, 6.45) is 1.76.